The summed E-state index contributed by atoms with van der Waals surface area (Å²) in [7, 11) is 0. The predicted molar refractivity (Wildman–Crippen MR) is 67.8 cm³/mol. The molecule has 2 rings (SSSR count). The van der Waals surface area contributed by atoms with Gasteiger partial charge in [0.2, 0.25) is 0 Å². The number of nitrogens with two attached hydrogens (primary N) is 1. The largest absolute Gasteiger partial charge is 0.481 e. The van der Waals surface area contributed by atoms with Gasteiger partial charge in [0.1, 0.15) is 0 Å². The van der Waals surface area contributed by atoms with Gasteiger partial charge in [-0.15, -0.1) is 0 Å². The summed E-state index contributed by atoms with van der Waals surface area (Å²) in [6.07, 6.45) is 4.30. The van der Waals surface area contributed by atoms with Gasteiger partial charge in [-0.25, -0.2) is 0 Å². The summed E-state index contributed by atoms with van der Waals surface area (Å²) < 4.78 is 0. The van der Waals surface area contributed by atoms with Crippen LogP contribution < -0.4 is 5.73 Å². The van der Waals surface area contributed by atoms with Crippen molar-refractivity contribution in [3.63, 3.8) is 0 Å². The van der Waals surface area contributed by atoms with Crippen LogP contribution in [-0.4, -0.2) is 11.1 Å². The van der Waals surface area contributed by atoms with Crippen molar-refractivity contribution < 1.29 is 9.90 Å². The lowest BCUT2D eigenvalue weighted by atomic mass is 9.71. The molecule has 3 heteroatoms. The Morgan fingerprint density at radius 3 is 2.29 bits per heavy atom. The molecule has 92 valence electrons. The maximum absolute atomic E-state index is 11.7. The second kappa shape index (κ2) is 4.40. The minimum atomic E-state index is -0.774. The molecule has 0 heterocycles. The van der Waals surface area contributed by atoms with Crippen molar-refractivity contribution in [2.24, 2.45) is 5.92 Å². The fraction of sp³-hybridized carbons (Fsp3) is 0.500. The van der Waals surface area contributed by atoms with Gasteiger partial charge in [0.15, 0.2) is 0 Å². The quantitative estimate of drug-likeness (QED) is 0.789. The van der Waals surface area contributed by atoms with Crippen molar-refractivity contribution in [1.82, 2.24) is 0 Å². The van der Waals surface area contributed by atoms with Crippen LogP contribution in [0, 0.1) is 5.92 Å². The van der Waals surface area contributed by atoms with Crippen LogP contribution >= 0.6 is 0 Å². The summed E-state index contributed by atoms with van der Waals surface area (Å²) >= 11 is 0. The number of hydrogen-bond donors (Lipinski definition) is 2. The lowest BCUT2D eigenvalue weighted by Crippen LogP contribution is -2.39. The minimum Gasteiger partial charge on any atom is -0.481 e. The average Bonchev–Trinajstić information content (AvgIpc) is 2.82. The maximum Gasteiger partial charge on any atom is 0.314 e. The van der Waals surface area contributed by atoms with E-state index in [0.29, 0.717) is 5.69 Å². The first kappa shape index (κ1) is 12.0. The number of rotatable bonds is 3. The van der Waals surface area contributed by atoms with E-state index in [1.165, 1.54) is 0 Å². The molecular weight excluding hydrogens is 214 g/mol. The molecule has 17 heavy (non-hydrogen) atoms. The zero-order valence-corrected chi connectivity index (χ0v) is 10.1. The highest BCUT2D eigenvalue weighted by atomic mass is 16.4. The fourth-order valence-corrected chi connectivity index (χ4v) is 2.87. The van der Waals surface area contributed by atoms with Gasteiger partial charge in [0, 0.05) is 5.69 Å². The van der Waals surface area contributed by atoms with E-state index in [4.69, 9.17) is 5.73 Å². The highest BCUT2D eigenvalue weighted by Gasteiger charge is 2.43. The number of nitrogen functional groups attached to an aromatic ring is 1. The van der Waals surface area contributed by atoms with E-state index in [1.54, 1.807) is 12.1 Å². The van der Waals surface area contributed by atoms with Crippen LogP contribution in [-0.2, 0) is 10.2 Å². The molecule has 1 unspecified atom stereocenters. The molecular formula is C14H19NO2. The maximum atomic E-state index is 11.7. The first-order chi connectivity index (χ1) is 8.05. The summed E-state index contributed by atoms with van der Waals surface area (Å²) in [5.41, 5.74) is 6.42. The van der Waals surface area contributed by atoms with E-state index in [-0.39, 0.29) is 5.92 Å². The molecule has 0 aromatic heterocycles. The summed E-state index contributed by atoms with van der Waals surface area (Å²) in [4.78, 5) is 11.7. The van der Waals surface area contributed by atoms with Gasteiger partial charge in [-0.3, -0.25) is 4.79 Å². The number of aliphatic carboxylic acids is 1. The number of carboxylic acids is 1. The molecule has 1 saturated carbocycles. The predicted octanol–water partition coefficient (Wildman–Crippen LogP) is 2.80. The molecule has 1 atom stereocenters. The molecule has 0 radical (unpaired) electrons. The molecule has 0 spiro atoms. The summed E-state index contributed by atoms with van der Waals surface area (Å²) in [5, 5.41) is 9.58. The molecule has 1 aliphatic rings. The average molecular weight is 233 g/mol. The highest BCUT2D eigenvalue weighted by Crippen LogP contribution is 2.42. The smallest absolute Gasteiger partial charge is 0.314 e. The van der Waals surface area contributed by atoms with Crippen LogP contribution in [0.2, 0.25) is 0 Å². The molecule has 3 nitrogen and oxygen atoms in total. The van der Waals surface area contributed by atoms with Gasteiger partial charge in [0.25, 0.3) is 0 Å². The third-order valence-corrected chi connectivity index (χ3v) is 4.13. The Hall–Kier alpha value is -1.51. The molecule has 1 aromatic carbocycles. The van der Waals surface area contributed by atoms with Crippen molar-refractivity contribution in [2.75, 3.05) is 5.73 Å². The first-order valence-corrected chi connectivity index (χ1v) is 6.14. The number of carboxylic acid groups (broad SMARTS) is 1. The molecule has 1 aromatic rings. The lowest BCUT2D eigenvalue weighted by molar-refractivity contribution is -0.145. The van der Waals surface area contributed by atoms with Crippen molar-refractivity contribution in [3.8, 4) is 0 Å². The van der Waals surface area contributed by atoms with Crippen molar-refractivity contribution in [2.45, 2.75) is 38.0 Å². The molecule has 0 amide bonds. The summed E-state index contributed by atoms with van der Waals surface area (Å²) in [6.45, 7) is 1.84. The number of hydrogen-bond acceptors (Lipinski definition) is 2. The minimum absolute atomic E-state index is 0.239. The van der Waals surface area contributed by atoms with Crippen LogP contribution in [0.5, 0.6) is 0 Å². The first-order valence-electron chi connectivity index (χ1n) is 6.14. The Bertz CT molecular complexity index is 407. The van der Waals surface area contributed by atoms with E-state index in [2.05, 4.69) is 0 Å². The molecule has 1 aliphatic carbocycles. The lowest BCUT2D eigenvalue weighted by Gasteiger charge is -2.32. The molecule has 0 aliphatic heterocycles. The molecule has 0 saturated heterocycles. The standard InChI is InChI=1S/C14H19NO2/c1-14(13(16)17,10-4-2-3-5-10)11-6-8-12(15)9-7-11/h6-10H,2-5,15H2,1H3,(H,16,17). The fourth-order valence-electron chi connectivity index (χ4n) is 2.87. The molecule has 0 bridgehead atoms. The van der Waals surface area contributed by atoms with E-state index >= 15 is 0 Å². The Balaban J connectivity index is 2.39. The summed E-state index contributed by atoms with van der Waals surface area (Å²) in [5.74, 6) is -0.488. The topological polar surface area (TPSA) is 63.3 Å². The van der Waals surface area contributed by atoms with E-state index in [9.17, 15) is 9.90 Å². The zero-order chi connectivity index (χ0) is 12.5. The Morgan fingerprint density at radius 1 is 1.29 bits per heavy atom. The van der Waals surface area contributed by atoms with Gasteiger partial charge in [-0.2, -0.15) is 0 Å². The van der Waals surface area contributed by atoms with E-state index in [0.717, 1.165) is 31.2 Å². The van der Waals surface area contributed by atoms with Crippen LogP contribution in [0.4, 0.5) is 5.69 Å². The third-order valence-electron chi connectivity index (χ3n) is 4.13. The van der Waals surface area contributed by atoms with E-state index in [1.807, 2.05) is 19.1 Å². The van der Waals surface area contributed by atoms with Crippen molar-refractivity contribution in [3.05, 3.63) is 29.8 Å². The van der Waals surface area contributed by atoms with Crippen LogP contribution in [0.1, 0.15) is 38.2 Å². The van der Waals surface area contributed by atoms with Crippen LogP contribution in [0.25, 0.3) is 0 Å². The van der Waals surface area contributed by atoms with Crippen molar-refractivity contribution in [1.29, 1.82) is 0 Å². The van der Waals surface area contributed by atoms with Crippen LogP contribution in [0.15, 0.2) is 24.3 Å². The number of anilines is 1. The van der Waals surface area contributed by atoms with Gasteiger partial charge in [0.05, 0.1) is 5.41 Å². The van der Waals surface area contributed by atoms with Gasteiger partial charge in [-0.05, 0) is 43.4 Å². The third kappa shape index (κ3) is 2.02. The van der Waals surface area contributed by atoms with Crippen LogP contribution in [0.3, 0.4) is 0 Å². The molecule has 1 fully saturated rings. The SMILES string of the molecule is CC(C(=O)O)(c1ccc(N)cc1)C1CCCC1. The zero-order valence-electron chi connectivity index (χ0n) is 10.1. The van der Waals surface area contributed by atoms with Gasteiger partial charge < -0.3 is 10.8 Å². The number of benzene rings is 1. The Morgan fingerprint density at radius 2 is 1.82 bits per heavy atom. The van der Waals surface area contributed by atoms with Crippen molar-refractivity contribution >= 4 is 11.7 Å². The van der Waals surface area contributed by atoms with E-state index < -0.39 is 11.4 Å². The number of carbonyl (C=O) groups is 1. The Labute approximate surface area is 102 Å². The monoisotopic (exact) mass is 233 g/mol. The second-order valence-corrected chi connectivity index (χ2v) is 5.11. The Kier molecular flexibility index (Phi) is 3.09. The highest BCUT2D eigenvalue weighted by molar-refractivity contribution is 5.81. The normalized spacial score (nSPS) is 20.1. The molecule has 3 N–H and O–H groups in total. The second-order valence-electron chi connectivity index (χ2n) is 5.11. The van der Waals surface area contributed by atoms with Gasteiger partial charge in [-0.1, -0.05) is 25.0 Å². The van der Waals surface area contributed by atoms with Gasteiger partial charge >= 0.3 is 5.97 Å². The summed E-state index contributed by atoms with van der Waals surface area (Å²) in [6, 6.07) is 7.26.